The molecule has 2 nitrogen and oxygen atoms in total. The Bertz CT molecular complexity index is 703. The van der Waals surface area contributed by atoms with Crippen LogP contribution in [0.1, 0.15) is 0 Å². The van der Waals surface area contributed by atoms with E-state index in [0.717, 1.165) is 20.8 Å². The van der Waals surface area contributed by atoms with E-state index in [2.05, 4.69) is 78.7 Å². The number of rotatable bonds is 8. The van der Waals surface area contributed by atoms with Crippen LogP contribution in [-0.2, 0) is 9.59 Å². The van der Waals surface area contributed by atoms with Crippen LogP contribution >= 0.6 is 0 Å². The second-order valence-electron chi connectivity index (χ2n) is 9.86. The van der Waals surface area contributed by atoms with Crippen molar-refractivity contribution in [2.75, 3.05) is 0 Å². The molecule has 0 spiro atoms. The normalized spacial score (nSPS) is 17.0. The molecule has 0 unspecified atom stereocenters. The number of carbonyl (C=O) groups excluding carboxylic acids is 2. The minimum Gasteiger partial charge on any atom is -0.290 e. The molecule has 0 atom stereocenters. The molecular weight excluding hydrogens is 409 g/mol. The highest BCUT2D eigenvalue weighted by atomic mass is 28.3. The highest BCUT2D eigenvalue weighted by Gasteiger charge is 2.50. The van der Waals surface area contributed by atoms with Gasteiger partial charge in [-0.25, -0.2) is 0 Å². The lowest BCUT2D eigenvalue weighted by atomic mass is 10.1. The van der Waals surface area contributed by atoms with E-state index in [-0.39, 0.29) is 11.6 Å². The fourth-order valence-corrected chi connectivity index (χ4v) is 14.4. The molecule has 0 radical (unpaired) electrons. The third kappa shape index (κ3) is 4.01. The summed E-state index contributed by atoms with van der Waals surface area (Å²) in [6.45, 7) is 32.9. The molecule has 28 heavy (non-hydrogen) atoms. The summed E-state index contributed by atoms with van der Waals surface area (Å²) in [5, 5.41) is 3.00. The number of Topliss-reactive ketones (excluding diaryl/α,β-unsaturated/α-hetero) is 2. The van der Waals surface area contributed by atoms with Crippen LogP contribution in [0.4, 0.5) is 0 Å². The first-order valence-corrected chi connectivity index (χ1v) is 22.0. The molecule has 0 saturated heterocycles. The highest BCUT2D eigenvalue weighted by Crippen LogP contribution is 2.42. The van der Waals surface area contributed by atoms with Crippen molar-refractivity contribution in [2.24, 2.45) is 0 Å². The first-order chi connectivity index (χ1) is 12.6. The summed E-state index contributed by atoms with van der Waals surface area (Å²) in [5.41, 5.74) is 7.68. The number of allylic oxidation sites excluding steroid dienone is 4. The Balaban J connectivity index is 4.24. The van der Waals surface area contributed by atoms with Crippen LogP contribution in [0.2, 0.25) is 52.4 Å². The number of carbonyl (C=O) groups is 2. The molecule has 0 saturated carbocycles. The van der Waals surface area contributed by atoms with E-state index in [4.69, 9.17) is 0 Å². The number of hydrogen-bond donors (Lipinski definition) is 0. The Morgan fingerprint density at radius 3 is 0.714 bits per heavy atom. The molecule has 0 aromatic carbocycles. The lowest BCUT2D eigenvalue weighted by molar-refractivity contribution is -0.115. The lowest BCUT2D eigenvalue weighted by Gasteiger charge is -2.41. The van der Waals surface area contributed by atoms with E-state index in [1.807, 2.05) is 22.8 Å². The van der Waals surface area contributed by atoms with E-state index >= 15 is 0 Å². The van der Waals surface area contributed by atoms with Gasteiger partial charge in [0.1, 0.15) is 32.3 Å². The third-order valence-corrected chi connectivity index (χ3v) is 17.7. The number of ketones is 2. The van der Waals surface area contributed by atoms with Crippen LogP contribution in [0.25, 0.3) is 0 Å². The van der Waals surface area contributed by atoms with Crippen molar-refractivity contribution < 1.29 is 9.59 Å². The summed E-state index contributed by atoms with van der Waals surface area (Å²) in [4.78, 5) is 28.2. The second kappa shape index (κ2) is 7.82. The molecule has 1 aliphatic carbocycles. The fourth-order valence-electron chi connectivity index (χ4n) is 3.57. The maximum Gasteiger partial charge on any atom is 0.177 e. The fraction of sp³-hybridized carbons (Fsp3) is 0.364. The minimum absolute atomic E-state index is 0.0718. The molecular formula is C22H36O2Si4. The van der Waals surface area contributed by atoms with Crippen LogP contribution in [-0.4, -0.2) is 43.9 Å². The Morgan fingerprint density at radius 2 is 0.607 bits per heavy atom. The molecule has 152 valence electrons. The molecule has 0 aliphatic heterocycles. The summed E-state index contributed by atoms with van der Waals surface area (Å²) in [7, 11) is -9.20. The zero-order valence-electron chi connectivity index (χ0n) is 19.0. The van der Waals surface area contributed by atoms with Gasteiger partial charge in [0.25, 0.3) is 0 Å². The SMILES string of the molecule is C=C[Si](C)(C)C1=C([Si](C)(C)C=C)C(=O)C([Si](C)(C)C=C)=C([Si](C)(C)C=C)C1=O. The highest BCUT2D eigenvalue weighted by molar-refractivity contribution is 7.07. The zero-order chi connectivity index (χ0) is 22.3. The van der Waals surface area contributed by atoms with Crippen molar-refractivity contribution in [2.45, 2.75) is 52.4 Å². The quantitative estimate of drug-likeness (QED) is 0.359. The standard InChI is InChI=1S/C22H36O2Si4/c1-13-25(5,6)19-17(23)21(27(9,10)15-3)22(28(11,12)16-4)18(24)20(19)26(7,8)14-2/h13-16H,1-4H2,5-12H3. The first kappa shape index (κ1) is 24.7. The zero-order valence-corrected chi connectivity index (χ0v) is 23.0. The van der Waals surface area contributed by atoms with Gasteiger partial charge in [-0.15, -0.1) is 26.3 Å². The van der Waals surface area contributed by atoms with Crippen molar-refractivity contribution in [1.29, 1.82) is 0 Å². The van der Waals surface area contributed by atoms with E-state index in [1.54, 1.807) is 0 Å². The van der Waals surface area contributed by atoms with E-state index in [9.17, 15) is 9.59 Å². The van der Waals surface area contributed by atoms with Crippen molar-refractivity contribution in [3.8, 4) is 0 Å². The van der Waals surface area contributed by atoms with Gasteiger partial charge >= 0.3 is 0 Å². The molecule has 0 aromatic heterocycles. The summed E-state index contributed by atoms with van der Waals surface area (Å²) < 4.78 is 0. The van der Waals surface area contributed by atoms with Gasteiger partial charge in [0.2, 0.25) is 0 Å². The molecule has 1 aliphatic rings. The van der Waals surface area contributed by atoms with Crippen molar-refractivity contribution in [3.63, 3.8) is 0 Å². The second-order valence-corrected chi connectivity index (χ2v) is 27.3. The van der Waals surface area contributed by atoms with Gasteiger partial charge < -0.3 is 0 Å². The monoisotopic (exact) mass is 444 g/mol. The van der Waals surface area contributed by atoms with Crippen LogP contribution in [0.5, 0.6) is 0 Å². The van der Waals surface area contributed by atoms with Crippen molar-refractivity contribution in [3.05, 3.63) is 69.9 Å². The van der Waals surface area contributed by atoms with Gasteiger partial charge in [-0.3, -0.25) is 9.59 Å². The Labute approximate surface area is 175 Å². The van der Waals surface area contributed by atoms with Crippen LogP contribution in [0.15, 0.2) is 69.9 Å². The predicted molar refractivity (Wildman–Crippen MR) is 135 cm³/mol. The molecule has 1 rings (SSSR count). The largest absolute Gasteiger partial charge is 0.290 e. The lowest BCUT2D eigenvalue weighted by Crippen LogP contribution is -2.52. The maximum atomic E-state index is 14.1. The molecule has 6 heteroatoms. The van der Waals surface area contributed by atoms with Gasteiger partial charge in [-0.05, 0) is 20.8 Å². The number of hydrogen-bond acceptors (Lipinski definition) is 2. The molecule has 0 fully saturated rings. The average molecular weight is 445 g/mol. The smallest absolute Gasteiger partial charge is 0.177 e. The van der Waals surface area contributed by atoms with Crippen LogP contribution in [0, 0.1) is 0 Å². The Morgan fingerprint density at radius 1 is 0.464 bits per heavy atom. The molecule has 0 bridgehead atoms. The summed E-state index contributed by atoms with van der Waals surface area (Å²) in [5.74, 6) is 0.144. The minimum atomic E-state index is -2.30. The maximum absolute atomic E-state index is 14.1. The Hall–Kier alpha value is -1.35. The van der Waals surface area contributed by atoms with Crippen LogP contribution in [0.3, 0.4) is 0 Å². The van der Waals surface area contributed by atoms with Crippen molar-refractivity contribution >= 4 is 43.9 Å². The summed E-state index contributed by atoms with van der Waals surface area (Å²) in [6.07, 6.45) is 0. The van der Waals surface area contributed by atoms with Gasteiger partial charge in [0.15, 0.2) is 11.6 Å². The predicted octanol–water partition coefficient (Wildman–Crippen LogP) is 5.62. The van der Waals surface area contributed by atoms with E-state index in [1.165, 1.54) is 0 Å². The molecule has 0 aromatic rings. The van der Waals surface area contributed by atoms with Crippen molar-refractivity contribution in [1.82, 2.24) is 0 Å². The third-order valence-electron chi connectivity index (χ3n) is 6.03. The molecule has 0 N–H and O–H groups in total. The van der Waals surface area contributed by atoms with Crippen LogP contribution < -0.4 is 0 Å². The molecule has 0 heterocycles. The van der Waals surface area contributed by atoms with Gasteiger partial charge in [0, 0.05) is 0 Å². The van der Waals surface area contributed by atoms with Gasteiger partial charge in [0.05, 0.1) is 0 Å². The Kier molecular flexibility index (Phi) is 6.89. The van der Waals surface area contributed by atoms with E-state index < -0.39 is 32.3 Å². The molecule has 0 amide bonds. The van der Waals surface area contributed by atoms with Gasteiger partial charge in [-0.1, -0.05) is 75.2 Å². The van der Waals surface area contributed by atoms with E-state index in [0.29, 0.717) is 0 Å². The average Bonchev–Trinajstić information content (AvgIpc) is 2.61. The summed E-state index contributed by atoms with van der Waals surface area (Å²) in [6, 6.07) is 0. The van der Waals surface area contributed by atoms with Gasteiger partial charge in [-0.2, -0.15) is 0 Å². The topological polar surface area (TPSA) is 34.1 Å². The summed E-state index contributed by atoms with van der Waals surface area (Å²) >= 11 is 0. The first-order valence-electron chi connectivity index (χ1n) is 9.70.